The number of rotatable bonds is 4. The summed E-state index contributed by atoms with van der Waals surface area (Å²) in [5.41, 5.74) is 4.44. The van der Waals surface area contributed by atoms with Crippen LogP contribution in [0, 0.1) is 5.82 Å². The van der Waals surface area contributed by atoms with Crippen molar-refractivity contribution in [1.29, 1.82) is 0 Å². The Morgan fingerprint density at radius 3 is 2.57 bits per heavy atom. The lowest BCUT2D eigenvalue weighted by Gasteiger charge is -2.37. The van der Waals surface area contributed by atoms with Crippen molar-refractivity contribution < 1.29 is 8.81 Å². The molecule has 1 N–H and O–H groups in total. The summed E-state index contributed by atoms with van der Waals surface area (Å²) in [7, 11) is 2.14. The normalized spacial score (nSPS) is 16.9. The Morgan fingerprint density at radius 1 is 1.03 bits per heavy atom. The molecule has 0 bridgehead atoms. The molecule has 4 aromatic rings. The first kappa shape index (κ1) is 19.2. The van der Waals surface area contributed by atoms with Crippen LogP contribution >= 0.6 is 11.3 Å². The molecule has 5 nitrogen and oxygen atoms in total. The molecule has 1 aliphatic heterocycles. The fourth-order valence-electron chi connectivity index (χ4n) is 4.05. The molecule has 7 heteroatoms. The largest absolute Gasteiger partial charge is 0.417 e. The molecule has 0 saturated carbocycles. The summed E-state index contributed by atoms with van der Waals surface area (Å²) >= 11 is 1.71. The number of fused-ring (bicyclic) bond motifs is 1. The molecular weight excluding hydrogens is 401 g/mol. The van der Waals surface area contributed by atoms with Gasteiger partial charge < -0.3 is 9.32 Å². The third-order valence-electron chi connectivity index (χ3n) is 5.73. The van der Waals surface area contributed by atoms with Crippen molar-refractivity contribution in [3.8, 4) is 11.1 Å². The van der Waals surface area contributed by atoms with Crippen LogP contribution in [0.3, 0.4) is 0 Å². The van der Waals surface area contributed by atoms with E-state index in [1.54, 1.807) is 11.3 Å². The standard InChI is InChI=1S/C23H22FN3O2S/c1-26-8-10-27(11-9-26)22(15-2-5-18(24)6-3-15)21-13-17(14-30-21)16-4-7-19-20(12-16)29-23(28)25-19/h2-7,12-14,22H,8-11H2,1H3,(H,25,28). The minimum atomic E-state index is -0.445. The number of thiophene rings is 1. The second-order valence-corrected chi connectivity index (χ2v) is 8.70. The molecular formula is C23H22FN3O2S. The molecule has 0 aliphatic carbocycles. The summed E-state index contributed by atoms with van der Waals surface area (Å²) in [6, 6.07) is 14.9. The molecule has 1 fully saturated rings. The summed E-state index contributed by atoms with van der Waals surface area (Å²) in [4.78, 5) is 20.1. The van der Waals surface area contributed by atoms with Crippen LogP contribution in [0.15, 0.2) is 63.1 Å². The number of aromatic nitrogens is 1. The van der Waals surface area contributed by atoms with Gasteiger partial charge in [0.1, 0.15) is 5.82 Å². The predicted molar refractivity (Wildman–Crippen MR) is 117 cm³/mol. The first-order chi connectivity index (χ1) is 14.6. The van der Waals surface area contributed by atoms with Gasteiger partial charge in [0.2, 0.25) is 0 Å². The van der Waals surface area contributed by atoms with Crippen molar-refractivity contribution in [2.24, 2.45) is 0 Å². The van der Waals surface area contributed by atoms with Gasteiger partial charge in [-0.3, -0.25) is 9.88 Å². The first-order valence-electron chi connectivity index (χ1n) is 9.96. The van der Waals surface area contributed by atoms with Gasteiger partial charge in [0.05, 0.1) is 11.6 Å². The van der Waals surface area contributed by atoms with Crippen molar-refractivity contribution in [3.63, 3.8) is 0 Å². The lowest BCUT2D eigenvalue weighted by molar-refractivity contribution is 0.128. The number of halogens is 1. The topological polar surface area (TPSA) is 52.5 Å². The van der Waals surface area contributed by atoms with Gasteiger partial charge in [0.15, 0.2) is 5.58 Å². The Morgan fingerprint density at radius 2 is 1.80 bits per heavy atom. The van der Waals surface area contributed by atoms with E-state index < -0.39 is 5.76 Å². The Hall–Kier alpha value is -2.74. The van der Waals surface area contributed by atoms with E-state index in [0.29, 0.717) is 11.1 Å². The minimum Gasteiger partial charge on any atom is -0.408 e. The molecule has 0 radical (unpaired) electrons. The number of hydrogen-bond acceptors (Lipinski definition) is 5. The van der Waals surface area contributed by atoms with Crippen molar-refractivity contribution in [2.45, 2.75) is 6.04 Å². The van der Waals surface area contributed by atoms with Gasteiger partial charge in [-0.1, -0.05) is 18.2 Å². The highest BCUT2D eigenvalue weighted by Crippen LogP contribution is 2.37. The fraction of sp³-hybridized carbons (Fsp3) is 0.261. The number of H-pyrrole nitrogens is 1. The van der Waals surface area contributed by atoms with Crippen LogP contribution in [-0.2, 0) is 0 Å². The highest BCUT2D eigenvalue weighted by Gasteiger charge is 2.27. The Kier molecular flexibility index (Phi) is 5.02. The van der Waals surface area contributed by atoms with E-state index >= 15 is 0 Å². The van der Waals surface area contributed by atoms with E-state index in [0.717, 1.165) is 42.9 Å². The van der Waals surface area contributed by atoms with E-state index in [9.17, 15) is 9.18 Å². The SMILES string of the molecule is CN1CCN(C(c2ccc(F)cc2)c2cc(-c3ccc4[nH]c(=O)oc4c3)cs2)CC1. The monoisotopic (exact) mass is 423 g/mol. The van der Waals surface area contributed by atoms with Gasteiger partial charge in [-0.15, -0.1) is 11.3 Å². The second kappa shape index (κ2) is 7.83. The van der Waals surface area contributed by atoms with E-state index in [1.807, 2.05) is 30.3 Å². The highest BCUT2D eigenvalue weighted by molar-refractivity contribution is 7.10. The van der Waals surface area contributed by atoms with Crippen molar-refractivity contribution in [1.82, 2.24) is 14.8 Å². The maximum absolute atomic E-state index is 13.5. The maximum atomic E-state index is 13.5. The molecule has 30 heavy (non-hydrogen) atoms. The first-order valence-corrected chi connectivity index (χ1v) is 10.8. The van der Waals surface area contributed by atoms with Crippen LogP contribution in [-0.4, -0.2) is 48.0 Å². The zero-order valence-corrected chi connectivity index (χ0v) is 17.4. The number of nitrogens with one attached hydrogen (secondary N) is 1. The highest BCUT2D eigenvalue weighted by atomic mass is 32.1. The zero-order valence-electron chi connectivity index (χ0n) is 16.6. The van der Waals surface area contributed by atoms with E-state index in [2.05, 4.69) is 33.3 Å². The minimum absolute atomic E-state index is 0.0898. The van der Waals surface area contributed by atoms with Crippen LogP contribution in [0.2, 0.25) is 0 Å². The number of piperazine rings is 1. The summed E-state index contributed by atoms with van der Waals surface area (Å²) in [6.07, 6.45) is 0. The number of aromatic amines is 1. The number of benzene rings is 2. The quantitative estimate of drug-likeness (QED) is 0.531. The number of likely N-dealkylation sites (N-methyl/N-ethyl adjacent to an activating group) is 1. The van der Waals surface area contributed by atoms with Gasteiger partial charge in [-0.25, -0.2) is 9.18 Å². The van der Waals surface area contributed by atoms with E-state index in [1.165, 1.54) is 17.0 Å². The molecule has 5 rings (SSSR count). The predicted octanol–water partition coefficient (Wildman–Crippen LogP) is 4.33. The van der Waals surface area contributed by atoms with Gasteiger partial charge in [-0.2, -0.15) is 0 Å². The third-order valence-corrected chi connectivity index (χ3v) is 6.72. The molecule has 0 spiro atoms. The Bertz CT molecular complexity index is 1220. The summed E-state index contributed by atoms with van der Waals surface area (Å²) in [6.45, 7) is 3.96. The fourth-order valence-corrected chi connectivity index (χ4v) is 5.13. The Balaban J connectivity index is 1.51. The van der Waals surface area contributed by atoms with Crippen molar-refractivity contribution >= 4 is 22.4 Å². The number of nitrogens with zero attached hydrogens (tertiary/aromatic N) is 2. The summed E-state index contributed by atoms with van der Waals surface area (Å²) in [5, 5.41) is 2.13. The molecule has 3 heterocycles. The molecule has 1 unspecified atom stereocenters. The Labute approximate surface area is 177 Å². The smallest absolute Gasteiger partial charge is 0.408 e. The molecule has 0 amide bonds. The van der Waals surface area contributed by atoms with Crippen LogP contribution < -0.4 is 5.76 Å². The lowest BCUT2D eigenvalue weighted by Crippen LogP contribution is -2.46. The summed E-state index contributed by atoms with van der Waals surface area (Å²) in [5.74, 6) is -0.663. The average Bonchev–Trinajstić information content (AvgIpc) is 3.36. The van der Waals surface area contributed by atoms with Gasteiger partial charge in [0, 0.05) is 31.1 Å². The number of hydrogen-bond donors (Lipinski definition) is 1. The van der Waals surface area contributed by atoms with Gasteiger partial charge in [0.25, 0.3) is 0 Å². The molecule has 1 saturated heterocycles. The van der Waals surface area contributed by atoms with Gasteiger partial charge in [-0.05, 0) is 59.4 Å². The maximum Gasteiger partial charge on any atom is 0.417 e. The zero-order chi connectivity index (χ0) is 20.7. The molecule has 2 aromatic heterocycles. The van der Waals surface area contributed by atoms with Crippen LogP contribution in [0.5, 0.6) is 0 Å². The number of oxazole rings is 1. The second-order valence-electron chi connectivity index (χ2n) is 7.76. The van der Waals surface area contributed by atoms with E-state index in [4.69, 9.17) is 4.42 Å². The average molecular weight is 424 g/mol. The third kappa shape index (κ3) is 3.71. The molecule has 1 atom stereocenters. The molecule has 2 aromatic carbocycles. The summed E-state index contributed by atoms with van der Waals surface area (Å²) < 4.78 is 18.8. The van der Waals surface area contributed by atoms with Crippen molar-refractivity contribution in [3.05, 3.63) is 80.7 Å². The van der Waals surface area contributed by atoms with Crippen molar-refractivity contribution in [2.75, 3.05) is 33.2 Å². The van der Waals surface area contributed by atoms with Gasteiger partial charge >= 0.3 is 5.76 Å². The van der Waals surface area contributed by atoms with Crippen LogP contribution in [0.1, 0.15) is 16.5 Å². The van der Waals surface area contributed by atoms with Crippen LogP contribution in [0.25, 0.3) is 22.2 Å². The lowest BCUT2D eigenvalue weighted by atomic mass is 10.0. The van der Waals surface area contributed by atoms with E-state index in [-0.39, 0.29) is 11.9 Å². The van der Waals surface area contributed by atoms with Crippen LogP contribution in [0.4, 0.5) is 4.39 Å². The molecule has 1 aliphatic rings. The molecule has 154 valence electrons.